The zero-order valence-corrected chi connectivity index (χ0v) is 19.3. The molecule has 178 valence electrons. The van der Waals surface area contributed by atoms with E-state index in [1.54, 1.807) is 7.11 Å². The van der Waals surface area contributed by atoms with E-state index in [1.165, 1.54) is 17.8 Å². The van der Waals surface area contributed by atoms with Crippen molar-refractivity contribution in [2.45, 2.75) is 44.3 Å². The number of carbonyl (C=O) groups excluding carboxylic acids is 1. The Morgan fingerprint density at radius 3 is 2.52 bits per heavy atom. The summed E-state index contributed by atoms with van der Waals surface area (Å²) in [6, 6.07) is 2.07. The first-order chi connectivity index (χ1) is 15.8. The number of hydrogen-bond acceptors (Lipinski definition) is 6. The molecule has 2 atom stereocenters. The third-order valence-corrected chi connectivity index (χ3v) is 7.95. The van der Waals surface area contributed by atoms with Crippen LogP contribution in [0, 0.1) is 23.5 Å². The standard InChI is InChI=1S/C23H26F3N3O3S/c1-23(31-2)10-29(11-23)22-28-19(18(33-22)3-4-24)21(30)27-14-8-16(25)20(17(26)9-14)32-15-6-12-5-13(12)7-15/h8-9,12-13,15H,3-7,10-11H2,1-2H3,(H,27,30). The third-order valence-electron chi connectivity index (χ3n) is 6.78. The topological polar surface area (TPSA) is 63.7 Å². The van der Waals surface area contributed by atoms with Crippen molar-refractivity contribution in [3.8, 4) is 5.75 Å². The Hall–Kier alpha value is -2.33. The highest BCUT2D eigenvalue weighted by molar-refractivity contribution is 7.16. The van der Waals surface area contributed by atoms with Gasteiger partial charge >= 0.3 is 0 Å². The van der Waals surface area contributed by atoms with Crippen molar-refractivity contribution in [2.75, 3.05) is 37.1 Å². The number of rotatable bonds is 8. The quantitative estimate of drug-likeness (QED) is 0.598. The summed E-state index contributed by atoms with van der Waals surface area (Å²) in [6.45, 7) is 2.54. The second-order valence-electron chi connectivity index (χ2n) is 9.41. The highest BCUT2D eigenvalue weighted by atomic mass is 32.1. The minimum Gasteiger partial charge on any atom is -0.484 e. The van der Waals surface area contributed by atoms with Gasteiger partial charge in [0.2, 0.25) is 0 Å². The van der Waals surface area contributed by atoms with Crippen LogP contribution in [0.5, 0.6) is 5.75 Å². The number of aromatic nitrogens is 1. The molecule has 2 saturated carbocycles. The summed E-state index contributed by atoms with van der Waals surface area (Å²) in [5, 5.41) is 3.08. The highest BCUT2D eigenvalue weighted by Gasteiger charge is 2.47. The first-order valence-electron chi connectivity index (χ1n) is 11.1. The number of anilines is 2. The molecule has 3 aliphatic rings. The van der Waals surface area contributed by atoms with Crippen LogP contribution in [0.4, 0.5) is 24.0 Å². The Balaban J connectivity index is 1.29. The summed E-state index contributed by atoms with van der Waals surface area (Å²) in [4.78, 5) is 19.7. The summed E-state index contributed by atoms with van der Waals surface area (Å²) in [7, 11) is 1.64. The lowest BCUT2D eigenvalue weighted by molar-refractivity contribution is -0.0167. The molecule has 2 aromatic rings. The molecular formula is C23H26F3N3O3S. The molecule has 2 unspecified atom stereocenters. The van der Waals surface area contributed by atoms with Crippen molar-refractivity contribution in [1.82, 2.24) is 4.98 Å². The number of hydrogen-bond donors (Lipinski definition) is 1. The number of thiazole rings is 1. The van der Waals surface area contributed by atoms with Gasteiger partial charge in [-0.2, -0.15) is 0 Å². The molecule has 10 heteroatoms. The van der Waals surface area contributed by atoms with E-state index in [2.05, 4.69) is 10.3 Å². The largest absolute Gasteiger partial charge is 0.484 e. The van der Waals surface area contributed by atoms with Crippen LogP contribution in [0.2, 0.25) is 0 Å². The number of amides is 1. The molecule has 1 aliphatic heterocycles. The lowest BCUT2D eigenvalue weighted by Crippen LogP contribution is -2.61. The van der Waals surface area contributed by atoms with Gasteiger partial charge in [0.15, 0.2) is 22.5 Å². The van der Waals surface area contributed by atoms with Crippen molar-refractivity contribution in [1.29, 1.82) is 0 Å². The van der Waals surface area contributed by atoms with E-state index in [-0.39, 0.29) is 29.5 Å². The van der Waals surface area contributed by atoms with E-state index >= 15 is 0 Å². The maximum absolute atomic E-state index is 14.6. The Morgan fingerprint density at radius 1 is 1.24 bits per heavy atom. The third kappa shape index (κ3) is 4.42. The number of carbonyl (C=O) groups is 1. The van der Waals surface area contributed by atoms with Gasteiger partial charge in [-0.1, -0.05) is 0 Å². The molecular weight excluding hydrogens is 455 g/mol. The number of nitrogens with zero attached hydrogens (tertiary/aromatic N) is 2. The average Bonchev–Trinajstić information content (AvgIpc) is 3.16. The first kappa shape index (κ1) is 22.5. The van der Waals surface area contributed by atoms with Gasteiger partial charge in [0.05, 0.1) is 31.5 Å². The van der Waals surface area contributed by atoms with E-state index in [9.17, 15) is 18.0 Å². The zero-order chi connectivity index (χ0) is 23.3. The van der Waals surface area contributed by atoms with Crippen LogP contribution in [0.25, 0.3) is 0 Å². The molecule has 0 radical (unpaired) electrons. The summed E-state index contributed by atoms with van der Waals surface area (Å²) >= 11 is 1.24. The maximum atomic E-state index is 14.6. The number of halogens is 3. The van der Waals surface area contributed by atoms with Gasteiger partial charge in [-0.25, -0.2) is 13.8 Å². The summed E-state index contributed by atoms with van der Waals surface area (Å²) in [5.74, 6) is -1.53. The van der Waals surface area contributed by atoms with Crippen LogP contribution in [-0.4, -0.2) is 49.5 Å². The van der Waals surface area contributed by atoms with Crippen molar-refractivity contribution in [3.63, 3.8) is 0 Å². The van der Waals surface area contributed by atoms with E-state index in [0.29, 0.717) is 34.9 Å². The summed E-state index contributed by atoms with van der Waals surface area (Å²) in [5.41, 5.74) is -0.273. The van der Waals surface area contributed by atoms with Crippen LogP contribution < -0.4 is 15.0 Å². The normalized spacial score (nSPS) is 24.9. The average molecular weight is 482 g/mol. The molecule has 1 N–H and O–H groups in total. The first-order valence-corrected chi connectivity index (χ1v) is 11.9. The van der Waals surface area contributed by atoms with Crippen LogP contribution in [0.15, 0.2) is 12.1 Å². The van der Waals surface area contributed by atoms with Crippen LogP contribution >= 0.6 is 11.3 Å². The number of nitrogens with one attached hydrogen (secondary N) is 1. The molecule has 3 fully saturated rings. The molecule has 0 spiro atoms. The molecule has 33 heavy (non-hydrogen) atoms. The molecule has 1 aromatic heterocycles. The van der Waals surface area contributed by atoms with E-state index in [4.69, 9.17) is 9.47 Å². The molecule has 2 heterocycles. The lowest BCUT2D eigenvalue weighted by atomic mass is 9.97. The fraction of sp³-hybridized carbons (Fsp3) is 0.565. The lowest BCUT2D eigenvalue weighted by Gasteiger charge is -2.46. The molecule has 0 bridgehead atoms. The van der Waals surface area contributed by atoms with Gasteiger partial charge in [0.1, 0.15) is 5.69 Å². The fourth-order valence-corrected chi connectivity index (χ4v) is 5.82. The SMILES string of the molecule is COC1(C)CN(c2nc(C(=O)Nc3cc(F)c(OC4CC5CC5C4)c(F)c3)c(CCF)s2)C1. The minimum atomic E-state index is -0.867. The highest BCUT2D eigenvalue weighted by Crippen LogP contribution is 2.52. The smallest absolute Gasteiger partial charge is 0.275 e. The van der Waals surface area contributed by atoms with E-state index < -0.39 is 30.0 Å². The van der Waals surface area contributed by atoms with Crippen molar-refractivity contribution in [2.24, 2.45) is 11.8 Å². The molecule has 5 rings (SSSR count). The molecule has 1 aromatic carbocycles. The fourth-order valence-electron chi connectivity index (χ4n) is 4.79. The van der Waals surface area contributed by atoms with Crippen molar-refractivity contribution < 1.29 is 27.4 Å². The number of methoxy groups -OCH3 is 1. The number of benzene rings is 1. The Morgan fingerprint density at radius 2 is 1.91 bits per heavy atom. The predicted molar refractivity (Wildman–Crippen MR) is 119 cm³/mol. The van der Waals surface area contributed by atoms with Gasteiger partial charge in [-0.05, 0) is 38.0 Å². The zero-order valence-electron chi connectivity index (χ0n) is 18.5. The summed E-state index contributed by atoms with van der Waals surface area (Å²) in [6.07, 6.45) is 2.70. The number of alkyl halides is 1. The van der Waals surface area contributed by atoms with Gasteiger partial charge in [0, 0.05) is 36.2 Å². The van der Waals surface area contributed by atoms with E-state index in [1.807, 2.05) is 11.8 Å². The van der Waals surface area contributed by atoms with Crippen molar-refractivity contribution in [3.05, 3.63) is 34.3 Å². The maximum Gasteiger partial charge on any atom is 0.275 e. The van der Waals surface area contributed by atoms with Gasteiger partial charge in [-0.15, -0.1) is 11.3 Å². The molecule has 1 saturated heterocycles. The second-order valence-corrected chi connectivity index (χ2v) is 10.5. The van der Waals surface area contributed by atoms with Crippen LogP contribution in [0.1, 0.15) is 41.6 Å². The summed E-state index contributed by atoms with van der Waals surface area (Å²) < 4.78 is 53.3. The number of aryl methyl sites for hydroxylation is 1. The molecule has 2 aliphatic carbocycles. The monoisotopic (exact) mass is 481 g/mol. The second kappa shape index (κ2) is 8.47. The molecule has 1 amide bonds. The molecule has 6 nitrogen and oxygen atoms in total. The number of ether oxygens (including phenoxy) is 2. The Labute approximate surface area is 194 Å². The predicted octanol–water partition coefficient (Wildman–Crippen LogP) is 4.59. The van der Waals surface area contributed by atoms with E-state index in [0.717, 1.165) is 25.0 Å². The van der Waals surface area contributed by atoms with Crippen molar-refractivity contribution >= 4 is 28.1 Å². The van der Waals surface area contributed by atoms with Crippen LogP contribution in [-0.2, 0) is 11.2 Å². The van der Waals surface area contributed by atoms with Gasteiger partial charge in [0.25, 0.3) is 5.91 Å². The number of fused-ring (bicyclic) bond motifs is 1. The van der Waals surface area contributed by atoms with Gasteiger partial charge in [-0.3, -0.25) is 9.18 Å². The Bertz CT molecular complexity index is 1040. The minimum absolute atomic E-state index is 0.0364. The van der Waals surface area contributed by atoms with Gasteiger partial charge < -0.3 is 19.7 Å². The van der Waals surface area contributed by atoms with Crippen LogP contribution in [0.3, 0.4) is 0 Å². The Kier molecular flexibility index (Phi) is 5.76.